The van der Waals surface area contributed by atoms with E-state index >= 15 is 0 Å². The maximum Gasteiger partial charge on any atom is 0.251 e. The fourth-order valence-electron chi connectivity index (χ4n) is 3.63. The van der Waals surface area contributed by atoms with Crippen LogP contribution in [-0.4, -0.2) is 36.9 Å². The van der Waals surface area contributed by atoms with Crippen molar-refractivity contribution < 1.29 is 9.59 Å². The number of aliphatic imine (C=N–C) groups is 1. The van der Waals surface area contributed by atoms with Crippen LogP contribution < -0.4 is 20.9 Å². The maximum atomic E-state index is 12.4. The van der Waals surface area contributed by atoms with E-state index in [0.717, 1.165) is 42.7 Å². The quantitative estimate of drug-likeness (QED) is 0.403. The molecule has 3 N–H and O–H groups in total. The lowest BCUT2D eigenvalue weighted by Gasteiger charge is -2.16. The molecule has 0 aromatic heterocycles. The Balaban J connectivity index is 1.59. The van der Waals surface area contributed by atoms with Gasteiger partial charge in [0.2, 0.25) is 5.91 Å². The van der Waals surface area contributed by atoms with E-state index in [9.17, 15) is 9.59 Å². The van der Waals surface area contributed by atoms with E-state index in [0.29, 0.717) is 31.0 Å². The van der Waals surface area contributed by atoms with Gasteiger partial charge in [-0.15, -0.1) is 0 Å². The number of carbonyl (C=O) groups excluding carboxylic acids is 2. The van der Waals surface area contributed by atoms with Gasteiger partial charge in [-0.25, -0.2) is 4.99 Å². The Kier molecular flexibility index (Phi) is 8.87. The molecule has 0 spiro atoms. The summed E-state index contributed by atoms with van der Waals surface area (Å²) in [5, 5.41) is 9.62. The molecule has 1 heterocycles. The molecule has 3 rings (SSSR count). The fraction of sp³-hybridized carbons (Fsp3) is 0.423. The van der Waals surface area contributed by atoms with Crippen molar-refractivity contribution in [2.75, 3.05) is 18.0 Å². The minimum absolute atomic E-state index is 0.0562. The Hall–Kier alpha value is -3.35. The average Bonchev–Trinajstić information content (AvgIpc) is 3.27. The van der Waals surface area contributed by atoms with Crippen LogP contribution in [0.4, 0.5) is 5.69 Å². The predicted molar refractivity (Wildman–Crippen MR) is 133 cm³/mol. The van der Waals surface area contributed by atoms with Gasteiger partial charge in [-0.2, -0.15) is 0 Å². The summed E-state index contributed by atoms with van der Waals surface area (Å²) in [6.45, 7) is 8.72. The Labute approximate surface area is 196 Å². The molecule has 1 saturated heterocycles. The van der Waals surface area contributed by atoms with Gasteiger partial charge in [0.25, 0.3) is 5.91 Å². The predicted octanol–water partition coefficient (Wildman–Crippen LogP) is 3.60. The zero-order valence-electron chi connectivity index (χ0n) is 19.9. The molecular formula is C26H35N5O2. The monoisotopic (exact) mass is 449 g/mol. The highest BCUT2D eigenvalue weighted by atomic mass is 16.2. The summed E-state index contributed by atoms with van der Waals surface area (Å²) in [5.74, 6) is 0.855. The molecule has 1 aliphatic rings. The molecule has 2 aromatic rings. The van der Waals surface area contributed by atoms with Crippen LogP contribution in [0, 0.1) is 0 Å². The fourth-order valence-corrected chi connectivity index (χ4v) is 3.63. The Morgan fingerprint density at radius 1 is 1.09 bits per heavy atom. The van der Waals surface area contributed by atoms with Gasteiger partial charge in [0.15, 0.2) is 5.96 Å². The van der Waals surface area contributed by atoms with Crippen LogP contribution in [0.5, 0.6) is 0 Å². The highest BCUT2D eigenvalue weighted by molar-refractivity contribution is 5.95. The van der Waals surface area contributed by atoms with Crippen molar-refractivity contribution in [3.8, 4) is 0 Å². The van der Waals surface area contributed by atoms with Gasteiger partial charge in [0.05, 0.1) is 6.54 Å². The summed E-state index contributed by atoms with van der Waals surface area (Å²) in [5.41, 5.74) is 3.69. The molecule has 7 heteroatoms. The van der Waals surface area contributed by atoms with Gasteiger partial charge in [-0.3, -0.25) is 9.59 Å². The minimum Gasteiger partial charge on any atom is -0.357 e. The highest BCUT2D eigenvalue weighted by Crippen LogP contribution is 2.21. The number of hydrogen-bond donors (Lipinski definition) is 3. The number of amides is 2. The molecule has 1 aliphatic heterocycles. The highest BCUT2D eigenvalue weighted by Gasteiger charge is 2.21. The third-order valence-corrected chi connectivity index (χ3v) is 5.72. The first-order valence-electron chi connectivity index (χ1n) is 11.8. The summed E-state index contributed by atoms with van der Waals surface area (Å²) in [7, 11) is 0. The summed E-state index contributed by atoms with van der Waals surface area (Å²) < 4.78 is 0. The lowest BCUT2D eigenvalue weighted by Crippen LogP contribution is -2.36. The van der Waals surface area contributed by atoms with Crippen LogP contribution in [0.3, 0.4) is 0 Å². The molecule has 2 aromatic carbocycles. The van der Waals surface area contributed by atoms with E-state index in [1.165, 1.54) is 0 Å². The van der Waals surface area contributed by atoms with Crippen molar-refractivity contribution in [1.29, 1.82) is 0 Å². The molecule has 1 atom stereocenters. The van der Waals surface area contributed by atoms with Gasteiger partial charge < -0.3 is 20.9 Å². The van der Waals surface area contributed by atoms with Gasteiger partial charge >= 0.3 is 0 Å². The Morgan fingerprint density at radius 2 is 1.88 bits per heavy atom. The molecule has 1 fully saturated rings. The molecule has 33 heavy (non-hydrogen) atoms. The van der Waals surface area contributed by atoms with E-state index in [4.69, 9.17) is 0 Å². The second-order valence-corrected chi connectivity index (χ2v) is 8.35. The van der Waals surface area contributed by atoms with Gasteiger partial charge in [-0.05, 0) is 62.1 Å². The lowest BCUT2D eigenvalue weighted by atomic mass is 10.1. The number of guanidine groups is 1. The topological polar surface area (TPSA) is 85.8 Å². The first-order valence-corrected chi connectivity index (χ1v) is 11.8. The van der Waals surface area contributed by atoms with Gasteiger partial charge in [0.1, 0.15) is 0 Å². The number of rotatable bonds is 9. The normalized spacial score (nSPS) is 14.8. The molecule has 2 amide bonds. The van der Waals surface area contributed by atoms with Crippen molar-refractivity contribution in [3.63, 3.8) is 0 Å². The number of anilines is 1. The summed E-state index contributed by atoms with van der Waals surface area (Å²) in [6.07, 6.45) is 2.46. The minimum atomic E-state index is -0.0562. The van der Waals surface area contributed by atoms with Crippen molar-refractivity contribution in [3.05, 3.63) is 65.2 Å². The first kappa shape index (κ1) is 24.3. The molecule has 0 saturated carbocycles. The third-order valence-electron chi connectivity index (χ3n) is 5.72. The summed E-state index contributed by atoms with van der Waals surface area (Å²) in [4.78, 5) is 30.8. The second kappa shape index (κ2) is 12.0. The van der Waals surface area contributed by atoms with Gasteiger partial charge in [0, 0.05) is 43.3 Å². The molecule has 0 aliphatic carbocycles. The molecule has 0 radical (unpaired) electrons. The number of nitrogens with one attached hydrogen (secondary N) is 3. The first-order chi connectivity index (χ1) is 16.0. The average molecular weight is 450 g/mol. The van der Waals surface area contributed by atoms with E-state index in [1.54, 1.807) is 0 Å². The number of hydrogen-bond acceptors (Lipinski definition) is 3. The van der Waals surface area contributed by atoms with Crippen LogP contribution in [0.2, 0.25) is 0 Å². The molecule has 176 valence electrons. The van der Waals surface area contributed by atoms with Crippen LogP contribution in [0.1, 0.15) is 61.5 Å². The van der Waals surface area contributed by atoms with Crippen LogP contribution in [-0.2, 0) is 17.9 Å². The lowest BCUT2D eigenvalue weighted by molar-refractivity contribution is -0.117. The van der Waals surface area contributed by atoms with E-state index in [-0.39, 0.29) is 17.9 Å². The Morgan fingerprint density at radius 3 is 2.55 bits per heavy atom. The van der Waals surface area contributed by atoms with Crippen LogP contribution >= 0.6 is 0 Å². The molecular weight excluding hydrogens is 414 g/mol. The SMILES string of the molecule is CCNC(=NCc1cccc(C(=O)NC(C)CC)c1)NCc1ccc(N2CCCC2=O)cc1. The van der Waals surface area contributed by atoms with Crippen LogP contribution in [0.25, 0.3) is 0 Å². The molecule has 0 bridgehead atoms. The molecule has 7 nitrogen and oxygen atoms in total. The maximum absolute atomic E-state index is 12.4. The van der Waals surface area contributed by atoms with E-state index in [1.807, 2.05) is 74.2 Å². The standard InChI is InChI=1S/C26H35N5O2/c1-4-19(3)30-25(33)22-9-6-8-21(16-22)18-29-26(27-5-2)28-17-20-11-13-23(14-12-20)31-15-7-10-24(31)32/h6,8-9,11-14,16,19H,4-5,7,10,15,17-18H2,1-3H3,(H,30,33)(H2,27,28,29). The largest absolute Gasteiger partial charge is 0.357 e. The van der Waals surface area contributed by atoms with Crippen molar-refractivity contribution in [2.45, 2.75) is 59.2 Å². The zero-order valence-corrected chi connectivity index (χ0v) is 19.9. The second-order valence-electron chi connectivity index (χ2n) is 8.35. The van der Waals surface area contributed by atoms with Crippen molar-refractivity contribution in [2.24, 2.45) is 4.99 Å². The summed E-state index contributed by atoms with van der Waals surface area (Å²) >= 11 is 0. The summed E-state index contributed by atoms with van der Waals surface area (Å²) in [6, 6.07) is 15.8. The Bertz CT molecular complexity index is 971. The van der Waals surface area contributed by atoms with Crippen molar-refractivity contribution in [1.82, 2.24) is 16.0 Å². The zero-order chi connectivity index (χ0) is 23.6. The smallest absolute Gasteiger partial charge is 0.251 e. The number of carbonyl (C=O) groups is 2. The van der Waals surface area contributed by atoms with Crippen LogP contribution in [0.15, 0.2) is 53.5 Å². The molecule has 1 unspecified atom stereocenters. The van der Waals surface area contributed by atoms with Crippen molar-refractivity contribution >= 4 is 23.5 Å². The van der Waals surface area contributed by atoms with Gasteiger partial charge in [-0.1, -0.05) is 31.2 Å². The third kappa shape index (κ3) is 7.07. The number of benzene rings is 2. The van der Waals surface area contributed by atoms with E-state index < -0.39 is 0 Å². The van der Waals surface area contributed by atoms with E-state index in [2.05, 4.69) is 20.9 Å². The number of nitrogens with zero attached hydrogens (tertiary/aromatic N) is 2.